The molecule has 2 aliphatic heterocycles. The number of nitrogens with one attached hydrogen (secondary N) is 1. The van der Waals surface area contributed by atoms with Gasteiger partial charge in [0.1, 0.15) is 24.2 Å². The molecule has 5 rings (SSSR count). The van der Waals surface area contributed by atoms with E-state index < -0.39 is 35.3 Å². The Labute approximate surface area is 232 Å². The van der Waals surface area contributed by atoms with E-state index in [1.165, 1.54) is 29.8 Å². The van der Waals surface area contributed by atoms with Crippen molar-refractivity contribution in [3.63, 3.8) is 0 Å². The van der Waals surface area contributed by atoms with Crippen LogP contribution in [0.1, 0.15) is 23.1 Å². The van der Waals surface area contributed by atoms with E-state index in [9.17, 15) is 14.4 Å². The maximum atomic E-state index is 13.7. The fraction of sp³-hybridized carbons (Fsp3) is 0.185. The van der Waals surface area contributed by atoms with Crippen LogP contribution in [0.3, 0.4) is 0 Å². The number of nitrogens with two attached hydrogens (primary N) is 1. The number of esters is 1. The van der Waals surface area contributed by atoms with Crippen molar-refractivity contribution in [1.29, 1.82) is 0 Å². The van der Waals surface area contributed by atoms with Gasteiger partial charge in [0.2, 0.25) is 11.5 Å². The summed E-state index contributed by atoms with van der Waals surface area (Å²) in [5.74, 6) is -1.80. The first-order valence-corrected chi connectivity index (χ1v) is 13.1. The van der Waals surface area contributed by atoms with E-state index in [2.05, 4.69) is 27.2 Å². The second-order valence-electron chi connectivity index (χ2n) is 8.62. The molecule has 3 aromatic rings. The summed E-state index contributed by atoms with van der Waals surface area (Å²) < 4.78 is 10.7. The number of nitrogen functional groups attached to an aromatic ring is 1. The number of thioether (sulfide) groups is 1. The molecule has 13 heteroatoms. The standard InChI is InChI=1S/C27H24N6O6S/c1-3-15-14-40-25-19(29-23(34)18(31-37-2)22-30-27(28)39-32-22)24(35)33(25)20(15)26(36)38-21(16-10-6-4-7-11-16)17-12-8-5-9-13-17/h3-13,19,21,25H,1,14H2,2H3,(H,29,34)(H2,28,30,32)/t19?,25-/m1/s1. The van der Waals surface area contributed by atoms with Crippen molar-refractivity contribution in [3.8, 4) is 0 Å². The van der Waals surface area contributed by atoms with Crippen LogP contribution in [0.15, 0.2) is 94.3 Å². The summed E-state index contributed by atoms with van der Waals surface area (Å²) in [5.41, 5.74) is 7.31. The van der Waals surface area contributed by atoms with Gasteiger partial charge in [0, 0.05) is 5.75 Å². The molecule has 3 heterocycles. The molecule has 2 aromatic carbocycles. The molecule has 2 aliphatic rings. The Morgan fingerprint density at radius 2 is 1.85 bits per heavy atom. The van der Waals surface area contributed by atoms with Crippen LogP contribution in [0.25, 0.3) is 0 Å². The van der Waals surface area contributed by atoms with Gasteiger partial charge >= 0.3 is 12.0 Å². The monoisotopic (exact) mass is 560 g/mol. The van der Waals surface area contributed by atoms with E-state index in [1.807, 2.05) is 60.7 Å². The van der Waals surface area contributed by atoms with Crippen molar-refractivity contribution in [1.82, 2.24) is 20.4 Å². The molecular formula is C27H24N6O6S. The van der Waals surface area contributed by atoms with Gasteiger partial charge in [-0.05, 0) is 16.7 Å². The first-order chi connectivity index (χ1) is 19.4. The van der Waals surface area contributed by atoms with Crippen LogP contribution in [-0.4, -0.2) is 62.8 Å². The Morgan fingerprint density at radius 3 is 2.40 bits per heavy atom. The number of rotatable bonds is 9. The molecule has 40 heavy (non-hydrogen) atoms. The summed E-state index contributed by atoms with van der Waals surface area (Å²) in [6.45, 7) is 3.82. The summed E-state index contributed by atoms with van der Waals surface area (Å²) in [5, 5.41) is 9.26. The Kier molecular flexibility index (Phi) is 7.64. The molecule has 2 amide bonds. The second-order valence-corrected chi connectivity index (χ2v) is 9.73. The molecule has 0 saturated carbocycles. The minimum absolute atomic E-state index is 0.0860. The molecule has 1 aromatic heterocycles. The summed E-state index contributed by atoms with van der Waals surface area (Å²) in [6.07, 6.45) is 0.826. The van der Waals surface area contributed by atoms with Crippen molar-refractivity contribution in [2.24, 2.45) is 5.16 Å². The Balaban J connectivity index is 1.38. The number of β-lactam (4-membered cyclic amide) rings is 1. The predicted molar refractivity (Wildman–Crippen MR) is 145 cm³/mol. The van der Waals surface area contributed by atoms with Gasteiger partial charge in [-0.25, -0.2) is 4.79 Å². The van der Waals surface area contributed by atoms with Crippen molar-refractivity contribution in [3.05, 3.63) is 102 Å². The van der Waals surface area contributed by atoms with E-state index in [0.717, 1.165) is 11.1 Å². The Bertz CT molecular complexity index is 1470. The minimum Gasteiger partial charge on any atom is -0.448 e. The van der Waals surface area contributed by atoms with Crippen LogP contribution in [0.5, 0.6) is 0 Å². The average Bonchev–Trinajstić information content (AvgIpc) is 3.42. The van der Waals surface area contributed by atoms with Gasteiger partial charge in [0.15, 0.2) is 6.10 Å². The molecule has 0 aliphatic carbocycles. The molecule has 1 unspecified atom stereocenters. The maximum Gasteiger partial charge on any atom is 0.356 e. The highest BCUT2D eigenvalue weighted by Crippen LogP contribution is 2.41. The van der Waals surface area contributed by atoms with E-state index in [-0.39, 0.29) is 23.2 Å². The average molecular weight is 561 g/mol. The summed E-state index contributed by atoms with van der Waals surface area (Å²) >= 11 is 1.37. The lowest BCUT2D eigenvalue weighted by molar-refractivity contribution is -0.154. The fourth-order valence-electron chi connectivity index (χ4n) is 4.35. The number of ether oxygens (including phenoxy) is 1. The second kappa shape index (κ2) is 11.5. The van der Waals surface area contributed by atoms with Crippen molar-refractivity contribution in [2.45, 2.75) is 17.5 Å². The van der Waals surface area contributed by atoms with Crippen LogP contribution >= 0.6 is 11.8 Å². The highest BCUT2D eigenvalue weighted by atomic mass is 32.2. The number of fused-ring (bicyclic) bond motifs is 1. The summed E-state index contributed by atoms with van der Waals surface area (Å²) in [6, 6.07) is 17.4. The summed E-state index contributed by atoms with van der Waals surface area (Å²) in [4.78, 5) is 49.8. The van der Waals surface area contributed by atoms with Crippen LogP contribution in [-0.2, 0) is 24.0 Å². The van der Waals surface area contributed by atoms with Gasteiger partial charge in [-0.15, -0.1) is 11.8 Å². The van der Waals surface area contributed by atoms with Crippen LogP contribution in [0.4, 0.5) is 6.01 Å². The van der Waals surface area contributed by atoms with Crippen LogP contribution in [0.2, 0.25) is 0 Å². The number of nitrogens with zero attached hydrogens (tertiary/aromatic N) is 4. The number of amides is 2. The molecule has 1 fully saturated rings. The predicted octanol–water partition coefficient (Wildman–Crippen LogP) is 2.18. The highest BCUT2D eigenvalue weighted by Gasteiger charge is 2.54. The number of benzene rings is 2. The first-order valence-electron chi connectivity index (χ1n) is 12.1. The van der Waals surface area contributed by atoms with Gasteiger partial charge in [-0.2, -0.15) is 4.98 Å². The van der Waals surface area contributed by atoms with Gasteiger partial charge in [0.05, 0.1) is 0 Å². The van der Waals surface area contributed by atoms with E-state index >= 15 is 0 Å². The smallest absolute Gasteiger partial charge is 0.356 e. The van der Waals surface area contributed by atoms with Crippen LogP contribution in [0, 0.1) is 0 Å². The lowest BCUT2D eigenvalue weighted by Gasteiger charge is -2.49. The number of carbonyl (C=O) groups excluding carboxylic acids is 3. The SMILES string of the molecule is C=CC1=C(C(=O)OC(c2ccccc2)c2ccccc2)N2C(=O)C(NC(=O)C(=NOC)c3noc(N)n3)[C@H]2SC1. The van der Waals surface area contributed by atoms with Crippen molar-refractivity contribution >= 4 is 41.3 Å². The van der Waals surface area contributed by atoms with E-state index in [0.29, 0.717) is 11.3 Å². The zero-order valence-electron chi connectivity index (χ0n) is 21.2. The van der Waals surface area contributed by atoms with Gasteiger partial charge < -0.3 is 25.1 Å². The topological polar surface area (TPSA) is 162 Å². The third-order valence-electron chi connectivity index (χ3n) is 6.20. The number of carbonyl (C=O) groups is 3. The minimum atomic E-state index is -0.961. The number of hydrogen-bond donors (Lipinski definition) is 2. The number of hydrogen-bond acceptors (Lipinski definition) is 11. The molecule has 12 nitrogen and oxygen atoms in total. The Hall–Kier alpha value is -4.91. The molecule has 1 saturated heterocycles. The van der Waals surface area contributed by atoms with Gasteiger partial charge in [0.25, 0.3) is 11.8 Å². The van der Waals surface area contributed by atoms with Crippen LogP contribution < -0.4 is 11.1 Å². The highest BCUT2D eigenvalue weighted by molar-refractivity contribution is 8.00. The molecule has 0 radical (unpaired) electrons. The molecule has 204 valence electrons. The third-order valence-corrected chi connectivity index (χ3v) is 7.51. The van der Waals surface area contributed by atoms with E-state index in [4.69, 9.17) is 19.8 Å². The van der Waals surface area contributed by atoms with Crippen molar-refractivity contribution < 1.29 is 28.5 Å². The lowest BCUT2D eigenvalue weighted by atomic mass is 10.0. The number of oxime groups is 1. The first kappa shape index (κ1) is 26.7. The maximum absolute atomic E-state index is 13.7. The third kappa shape index (κ3) is 5.06. The van der Waals surface area contributed by atoms with Crippen molar-refractivity contribution in [2.75, 3.05) is 18.6 Å². The Morgan fingerprint density at radius 1 is 1.20 bits per heavy atom. The summed E-state index contributed by atoms with van der Waals surface area (Å²) in [7, 11) is 1.24. The molecular weight excluding hydrogens is 536 g/mol. The van der Waals surface area contributed by atoms with Gasteiger partial charge in [-0.1, -0.05) is 83.6 Å². The molecule has 3 N–H and O–H groups in total. The fourth-order valence-corrected chi connectivity index (χ4v) is 5.69. The molecule has 0 spiro atoms. The zero-order chi connectivity index (χ0) is 28.2. The normalized spacial score (nSPS) is 18.6. The zero-order valence-corrected chi connectivity index (χ0v) is 22.0. The number of allylic oxidation sites excluding steroid dienone is 1. The molecule has 2 atom stereocenters. The van der Waals surface area contributed by atoms with E-state index in [1.54, 1.807) is 0 Å². The number of anilines is 1. The quantitative estimate of drug-likeness (QED) is 0.172. The largest absolute Gasteiger partial charge is 0.448 e. The molecule has 0 bridgehead atoms. The lowest BCUT2D eigenvalue weighted by Crippen LogP contribution is -2.71. The van der Waals surface area contributed by atoms with Gasteiger partial charge in [-0.3, -0.25) is 14.5 Å². The number of aromatic nitrogens is 2.